The summed E-state index contributed by atoms with van der Waals surface area (Å²) in [5.41, 5.74) is 0.135. The number of aliphatic hydroxyl groups is 1. The number of aliphatic hydroxyl groups excluding tert-OH is 1. The average molecular weight is 290 g/mol. The number of aromatic amines is 1. The van der Waals surface area contributed by atoms with E-state index in [0.717, 1.165) is 6.07 Å². The van der Waals surface area contributed by atoms with Crippen LogP contribution in [0.15, 0.2) is 35.1 Å². The van der Waals surface area contributed by atoms with Crippen molar-refractivity contribution in [3.63, 3.8) is 0 Å². The summed E-state index contributed by atoms with van der Waals surface area (Å²) in [7, 11) is 0. The van der Waals surface area contributed by atoms with Gasteiger partial charge >= 0.3 is 5.97 Å². The van der Waals surface area contributed by atoms with Gasteiger partial charge in [-0.25, -0.2) is 4.79 Å². The number of H-pyrrole nitrogens is 1. The molecular weight excluding hydrogens is 276 g/mol. The van der Waals surface area contributed by atoms with Gasteiger partial charge in [0, 0.05) is 30.0 Å². The highest BCUT2D eigenvalue weighted by molar-refractivity contribution is 6.06. The molecule has 4 N–H and O–H groups in total. The van der Waals surface area contributed by atoms with Crippen molar-refractivity contribution in [2.75, 3.05) is 6.61 Å². The van der Waals surface area contributed by atoms with Crippen LogP contribution in [0.25, 0.3) is 10.9 Å². The Morgan fingerprint density at radius 3 is 2.67 bits per heavy atom. The minimum atomic E-state index is -1.24. The van der Waals surface area contributed by atoms with Crippen molar-refractivity contribution in [3.8, 4) is 0 Å². The van der Waals surface area contributed by atoms with Crippen LogP contribution in [0.4, 0.5) is 0 Å². The van der Waals surface area contributed by atoms with E-state index in [1.165, 1.54) is 0 Å². The van der Waals surface area contributed by atoms with Crippen LogP contribution in [0.1, 0.15) is 16.8 Å². The van der Waals surface area contributed by atoms with Crippen molar-refractivity contribution in [3.05, 3.63) is 46.2 Å². The molecule has 0 bridgehead atoms. The standard InChI is InChI=1S/C14H14N2O5/c17-6-5-11(14(20)21)16-13(19)9-7-12(18)15-10-4-2-1-3-8(9)10/h1-4,7,11,17H,5-6H2,(H,15,18)(H,16,19)(H,20,21). The maximum absolute atomic E-state index is 12.2. The SMILES string of the molecule is O=C(NC(CCO)C(=O)O)c1cc(=O)[nH]c2ccccc12. The van der Waals surface area contributed by atoms with E-state index in [9.17, 15) is 14.4 Å². The van der Waals surface area contributed by atoms with Crippen LogP contribution in [0.5, 0.6) is 0 Å². The summed E-state index contributed by atoms with van der Waals surface area (Å²) in [6.45, 7) is -0.368. The zero-order chi connectivity index (χ0) is 15.4. The Balaban J connectivity index is 2.39. The molecule has 0 aliphatic rings. The van der Waals surface area contributed by atoms with Crippen molar-refractivity contribution < 1.29 is 19.8 Å². The first-order chi connectivity index (χ1) is 10.0. The van der Waals surface area contributed by atoms with E-state index >= 15 is 0 Å². The predicted octanol–water partition coefficient (Wildman–Crippen LogP) is 0.0935. The van der Waals surface area contributed by atoms with E-state index in [0.29, 0.717) is 10.9 Å². The quantitative estimate of drug-likeness (QED) is 0.622. The lowest BCUT2D eigenvalue weighted by atomic mass is 10.1. The normalized spacial score (nSPS) is 12.0. The molecule has 7 heteroatoms. The molecule has 2 rings (SSSR count). The monoisotopic (exact) mass is 290 g/mol. The van der Waals surface area contributed by atoms with Gasteiger partial charge in [-0.2, -0.15) is 0 Å². The number of carbonyl (C=O) groups is 2. The summed E-state index contributed by atoms with van der Waals surface area (Å²) in [5.74, 6) is -1.91. The number of hydrogen-bond donors (Lipinski definition) is 4. The third kappa shape index (κ3) is 3.26. The maximum Gasteiger partial charge on any atom is 0.326 e. The van der Waals surface area contributed by atoms with E-state index in [-0.39, 0.29) is 18.6 Å². The highest BCUT2D eigenvalue weighted by atomic mass is 16.4. The van der Waals surface area contributed by atoms with Crippen LogP contribution >= 0.6 is 0 Å². The lowest BCUT2D eigenvalue weighted by Gasteiger charge is -2.14. The predicted molar refractivity (Wildman–Crippen MR) is 75.2 cm³/mol. The summed E-state index contributed by atoms with van der Waals surface area (Å²) >= 11 is 0. The lowest BCUT2D eigenvalue weighted by molar-refractivity contribution is -0.139. The molecule has 0 radical (unpaired) electrons. The summed E-state index contributed by atoms with van der Waals surface area (Å²) in [6.07, 6.45) is -0.109. The Morgan fingerprint density at radius 1 is 1.29 bits per heavy atom. The number of carboxylic acid groups (broad SMARTS) is 1. The van der Waals surface area contributed by atoms with Gasteiger partial charge in [-0.1, -0.05) is 18.2 Å². The maximum atomic E-state index is 12.2. The molecule has 1 atom stereocenters. The fourth-order valence-electron chi connectivity index (χ4n) is 2.01. The number of carboxylic acids is 1. The van der Waals surface area contributed by atoms with Crippen molar-refractivity contribution in [2.45, 2.75) is 12.5 Å². The zero-order valence-electron chi connectivity index (χ0n) is 11.0. The van der Waals surface area contributed by atoms with E-state index in [4.69, 9.17) is 10.2 Å². The molecule has 0 saturated heterocycles. The molecule has 7 nitrogen and oxygen atoms in total. The number of hydrogen-bond acceptors (Lipinski definition) is 4. The highest BCUT2D eigenvalue weighted by Crippen LogP contribution is 2.14. The largest absolute Gasteiger partial charge is 0.480 e. The smallest absolute Gasteiger partial charge is 0.326 e. The van der Waals surface area contributed by atoms with Crippen LogP contribution in [0, 0.1) is 0 Å². The second kappa shape index (κ2) is 6.19. The molecule has 1 aromatic heterocycles. The molecule has 0 spiro atoms. The molecule has 0 fully saturated rings. The third-order valence-electron chi connectivity index (χ3n) is 3.02. The van der Waals surface area contributed by atoms with Gasteiger partial charge in [0.15, 0.2) is 0 Å². The molecule has 1 unspecified atom stereocenters. The van der Waals surface area contributed by atoms with Crippen LogP contribution in [-0.2, 0) is 4.79 Å². The van der Waals surface area contributed by atoms with E-state index in [1.807, 2.05) is 0 Å². The summed E-state index contributed by atoms with van der Waals surface area (Å²) < 4.78 is 0. The number of aliphatic carboxylic acids is 1. The van der Waals surface area contributed by atoms with Gasteiger partial charge in [-0.05, 0) is 6.07 Å². The Labute approximate surface area is 119 Å². The Hall–Kier alpha value is -2.67. The molecule has 1 amide bonds. The number of carbonyl (C=O) groups excluding carboxylic acids is 1. The van der Waals surface area contributed by atoms with Gasteiger partial charge in [-0.15, -0.1) is 0 Å². The summed E-state index contributed by atoms with van der Waals surface area (Å²) in [6, 6.07) is 6.64. The van der Waals surface area contributed by atoms with E-state index in [2.05, 4.69) is 10.3 Å². The van der Waals surface area contributed by atoms with Gasteiger partial charge in [0.25, 0.3) is 5.91 Å². The first-order valence-electron chi connectivity index (χ1n) is 6.29. The van der Waals surface area contributed by atoms with Crippen molar-refractivity contribution >= 4 is 22.8 Å². The number of fused-ring (bicyclic) bond motifs is 1. The molecule has 2 aromatic rings. The molecule has 21 heavy (non-hydrogen) atoms. The van der Waals surface area contributed by atoms with Crippen LogP contribution in [0.2, 0.25) is 0 Å². The highest BCUT2D eigenvalue weighted by Gasteiger charge is 2.21. The molecule has 0 saturated carbocycles. The summed E-state index contributed by atoms with van der Waals surface area (Å²) in [5, 5.41) is 20.6. The van der Waals surface area contributed by atoms with Gasteiger partial charge in [0.05, 0.1) is 5.56 Å². The molecular formula is C14H14N2O5. The van der Waals surface area contributed by atoms with Gasteiger partial charge in [0.2, 0.25) is 5.56 Å². The third-order valence-corrected chi connectivity index (χ3v) is 3.02. The summed E-state index contributed by atoms with van der Waals surface area (Å²) in [4.78, 5) is 37.3. The number of benzene rings is 1. The second-order valence-corrected chi connectivity index (χ2v) is 4.47. The Kier molecular flexibility index (Phi) is 4.34. The van der Waals surface area contributed by atoms with Crippen molar-refractivity contribution in [2.24, 2.45) is 0 Å². The Morgan fingerprint density at radius 2 is 2.00 bits per heavy atom. The zero-order valence-corrected chi connectivity index (χ0v) is 11.0. The van der Waals surface area contributed by atoms with Gasteiger partial charge in [0.1, 0.15) is 6.04 Å². The minimum absolute atomic E-state index is 0.0959. The molecule has 1 heterocycles. The molecule has 1 aromatic carbocycles. The van der Waals surface area contributed by atoms with Crippen LogP contribution in [0.3, 0.4) is 0 Å². The molecule has 0 aliphatic heterocycles. The van der Waals surface area contributed by atoms with E-state index < -0.39 is 23.5 Å². The number of rotatable bonds is 5. The van der Waals surface area contributed by atoms with Crippen LogP contribution < -0.4 is 10.9 Å². The van der Waals surface area contributed by atoms with Crippen molar-refractivity contribution in [1.82, 2.24) is 10.3 Å². The first kappa shape index (κ1) is 14.7. The number of pyridine rings is 1. The van der Waals surface area contributed by atoms with Gasteiger partial charge in [-0.3, -0.25) is 9.59 Å². The number of aromatic nitrogens is 1. The second-order valence-electron chi connectivity index (χ2n) is 4.47. The lowest BCUT2D eigenvalue weighted by Crippen LogP contribution is -2.41. The molecule has 0 aliphatic carbocycles. The number of amides is 1. The number of para-hydroxylation sites is 1. The van der Waals surface area contributed by atoms with Crippen molar-refractivity contribution in [1.29, 1.82) is 0 Å². The fourth-order valence-corrected chi connectivity index (χ4v) is 2.01. The van der Waals surface area contributed by atoms with E-state index in [1.54, 1.807) is 24.3 Å². The topological polar surface area (TPSA) is 119 Å². The van der Waals surface area contributed by atoms with Crippen LogP contribution in [-0.4, -0.2) is 39.7 Å². The Bertz CT molecular complexity index is 737. The minimum Gasteiger partial charge on any atom is -0.480 e. The van der Waals surface area contributed by atoms with Gasteiger partial charge < -0.3 is 20.5 Å². The fraction of sp³-hybridized carbons (Fsp3) is 0.214. The average Bonchev–Trinajstić information content (AvgIpc) is 2.45. The number of nitrogens with one attached hydrogen (secondary N) is 2. The molecule has 110 valence electrons. The first-order valence-corrected chi connectivity index (χ1v) is 6.29.